The Morgan fingerprint density at radius 2 is 1.72 bits per heavy atom. The second-order valence-corrected chi connectivity index (χ2v) is 8.31. The summed E-state index contributed by atoms with van der Waals surface area (Å²) < 4.78 is 26.7. The van der Waals surface area contributed by atoms with E-state index in [1.165, 1.54) is 12.3 Å². The van der Waals surface area contributed by atoms with E-state index in [2.05, 4.69) is 4.84 Å². The van der Waals surface area contributed by atoms with E-state index in [-0.39, 0.29) is 43.6 Å². The normalized spacial score (nSPS) is 14.5. The van der Waals surface area contributed by atoms with Gasteiger partial charge in [0.25, 0.3) is 18.1 Å². The van der Waals surface area contributed by atoms with Crippen molar-refractivity contribution in [3.8, 4) is 5.75 Å². The number of nitrogens with zero attached hydrogens (tertiary/aromatic N) is 1. The van der Waals surface area contributed by atoms with Crippen LogP contribution in [0.1, 0.15) is 39.5 Å². The molecule has 1 unspecified atom stereocenters. The summed E-state index contributed by atoms with van der Waals surface area (Å²) in [5, 5.41) is 1.75. The predicted octanol–water partition coefficient (Wildman–Crippen LogP) is 3.44. The number of hydrogen-bond donors (Lipinski definition) is 0. The van der Waals surface area contributed by atoms with Crippen LogP contribution in [-0.4, -0.2) is 41.9 Å². The number of hydroxylamine groups is 2. The topological polar surface area (TPSA) is 152 Å². The summed E-state index contributed by atoms with van der Waals surface area (Å²) in [6.45, 7) is 3.35. The molecule has 2 amide bonds. The van der Waals surface area contributed by atoms with Crippen LogP contribution in [0.25, 0.3) is 21.9 Å². The van der Waals surface area contributed by atoms with E-state index in [1.54, 1.807) is 32.0 Å². The van der Waals surface area contributed by atoms with E-state index in [1.807, 2.05) is 0 Å². The number of furan rings is 1. The fourth-order valence-electron chi connectivity index (χ4n) is 3.46. The van der Waals surface area contributed by atoms with Crippen LogP contribution in [0.15, 0.2) is 44.2 Å². The molecule has 1 aromatic carbocycles. The van der Waals surface area contributed by atoms with Gasteiger partial charge >= 0.3 is 17.8 Å². The van der Waals surface area contributed by atoms with Crippen molar-refractivity contribution < 1.29 is 47.1 Å². The zero-order valence-electron chi connectivity index (χ0n) is 19.5. The number of imide groups is 1. The lowest BCUT2D eigenvalue weighted by atomic mass is 10.1. The number of esters is 1. The fourth-order valence-corrected chi connectivity index (χ4v) is 3.46. The smallest absolute Gasteiger partial charge is 0.486 e. The molecule has 0 bridgehead atoms. The third-order valence-electron chi connectivity index (χ3n) is 5.23. The van der Waals surface area contributed by atoms with Gasteiger partial charge in [0.1, 0.15) is 0 Å². The quantitative estimate of drug-likeness (QED) is 0.139. The fraction of sp³-hybridized carbons (Fsp3) is 0.375. The molecule has 36 heavy (non-hydrogen) atoms. The van der Waals surface area contributed by atoms with E-state index in [9.17, 15) is 24.0 Å². The van der Waals surface area contributed by atoms with Crippen LogP contribution in [-0.2, 0) is 28.7 Å². The molecule has 1 fully saturated rings. The minimum atomic E-state index is -1.34. The van der Waals surface area contributed by atoms with Crippen molar-refractivity contribution in [3.63, 3.8) is 0 Å². The Kier molecular flexibility index (Phi) is 7.23. The molecule has 12 heteroatoms. The van der Waals surface area contributed by atoms with Crippen LogP contribution in [0.5, 0.6) is 5.75 Å². The number of amides is 2. The molecule has 0 spiro atoms. The lowest BCUT2D eigenvalue weighted by molar-refractivity contribution is -0.199. The highest BCUT2D eigenvalue weighted by molar-refractivity contribution is 6.01. The Morgan fingerprint density at radius 3 is 2.44 bits per heavy atom. The summed E-state index contributed by atoms with van der Waals surface area (Å²) in [5.74, 6) is -2.19. The maximum Gasteiger partial charge on any atom is 0.537 e. The zero-order chi connectivity index (χ0) is 25.8. The summed E-state index contributed by atoms with van der Waals surface area (Å²) in [5.41, 5.74) is 0.0917. The van der Waals surface area contributed by atoms with E-state index < -0.39 is 41.8 Å². The summed E-state index contributed by atoms with van der Waals surface area (Å²) in [7, 11) is 0. The number of benzene rings is 1. The highest BCUT2D eigenvalue weighted by Crippen LogP contribution is 2.35. The van der Waals surface area contributed by atoms with Crippen LogP contribution >= 0.6 is 0 Å². The molecular formula is C24H23NO11. The Balaban J connectivity index is 1.31. The second-order valence-electron chi connectivity index (χ2n) is 8.31. The highest BCUT2D eigenvalue weighted by Gasteiger charge is 2.34. The molecule has 4 rings (SSSR count). The maximum atomic E-state index is 12.3. The molecule has 0 radical (unpaired) electrons. The van der Waals surface area contributed by atoms with Gasteiger partial charge in [-0.25, -0.2) is 9.59 Å². The molecule has 2 aromatic heterocycles. The van der Waals surface area contributed by atoms with Crippen molar-refractivity contribution >= 4 is 45.9 Å². The molecule has 1 aliphatic heterocycles. The van der Waals surface area contributed by atoms with E-state index >= 15 is 0 Å². The van der Waals surface area contributed by atoms with Gasteiger partial charge in [-0.05, 0) is 24.6 Å². The molecule has 1 aliphatic rings. The predicted molar refractivity (Wildman–Crippen MR) is 120 cm³/mol. The van der Waals surface area contributed by atoms with Crippen LogP contribution in [0, 0.1) is 5.92 Å². The van der Waals surface area contributed by atoms with Crippen molar-refractivity contribution in [1.82, 2.24) is 5.06 Å². The number of carbonyl (C=O) groups excluding carboxylic acids is 4. The Labute approximate surface area is 203 Å². The van der Waals surface area contributed by atoms with Gasteiger partial charge in [-0.15, -0.1) is 0 Å². The van der Waals surface area contributed by atoms with Gasteiger partial charge in [0, 0.05) is 42.0 Å². The minimum absolute atomic E-state index is 0.0624. The van der Waals surface area contributed by atoms with Gasteiger partial charge in [0.2, 0.25) is 5.75 Å². The monoisotopic (exact) mass is 501 g/mol. The number of ether oxygens (including phenoxy) is 3. The van der Waals surface area contributed by atoms with Crippen molar-refractivity contribution in [2.75, 3.05) is 6.61 Å². The lowest BCUT2D eigenvalue weighted by Gasteiger charge is -2.22. The first-order valence-corrected chi connectivity index (χ1v) is 11.2. The standard InChI is InChI=1S/C24H23NO11/c1-13(2)23(35-24(30)36-25-16(26)6-7-17(25)27)34-18(28)4-3-10-31-22-20-15(9-11-32-20)12-14-5-8-19(29)33-21(14)22/h5,8-9,11-13,23H,3-4,6-7,10H2,1-2H3. The molecule has 0 saturated carbocycles. The van der Waals surface area contributed by atoms with E-state index in [4.69, 9.17) is 23.0 Å². The molecule has 190 valence electrons. The summed E-state index contributed by atoms with van der Waals surface area (Å²) in [6, 6.07) is 6.47. The first-order valence-electron chi connectivity index (χ1n) is 11.2. The molecule has 0 N–H and O–H groups in total. The first kappa shape index (κ1) is 24.8. The number of hydrogen-bond acceptors (Lipinski definition) is 11. The average Bonchev–Trinajstić information content (AvgIpc) is 3.42. The molecule has 1 atom stereocenters. The number of carbonyl (C=O) groups is 4. The average molecular weight is 501 g/mol. The second kappa shape index (κ2) is 10.5. The third kappa shape index (κ3) is 5.48. The molecule has 3 aromatic rings. The zero-order valence-corrected chi connectivity index (χ0v) is 19.5. The van der Waals surface area contributed by atoms with Crippen LogP contribution in [0.4, 0.5) is 4.79 Å². The van der Waals surface area contributed by atoms with Gasteiger partial charge in [0.05, 0.1) is 12.9 Å². The molecule has 0 aliphatic carbocycles. The minimum Gasteiger partial charge on any atom is -0.486 e. The Bertz CT molecular complexity index is 1350. The Hall–Kier alpha value is -4.35. The maximum absolute atomic E-state index is 12.3. The van der Waals surface area contributed by atoms with Crippen molar-refractivity contribution in [3.05, 3.63) is 40.9 Å². The van der Waals surface area contributed by atoms with Gasteiger partial charge < -0.3 is 23.0 Å². The van der Waals surface area contributed by atoms with Crippen molar-refractivity contribution in [1.29, 1.82) is 0 Å². The highest BCUT2D eigenvalue weighted by atomic mass is 16.9. The van der Waals surface area contributed by atoms with Gasteiger partial charge in [-0.2, -0.15) is 0 Å². The van der Waals surface area contributed by atoms with Gasteiger partial charge in [-0.1, -0.05) is 18.9 Å². The molecular weight excluding hydrogens is 478 g/mol. The summed E-state index contributed by atoms with van der Waals surface area (Å²) in [6.07, 6.45) is -1.14. The molecule has 12 nitrogen and oxygen atoms in total. The first-order chi connectivity index (χ1) is 17.2. The summed E-state index contributed by atoms with van der Waals surface area (Å²) >= 11 is 0. The SMILES string of the molecule is CC(C)C(OC(=O)CCCOc1c2occc2cc2ccc(=O)oc12)OC(=O)ON1C(=O)CCC1=O. The van der Waals surface area contributed by atoms with Crippen LogP contribution in [0.2, 0.25) is 0 Å². The third-order valence-corrected chi connectivity index (χ3v) is 5.23. The Morgan fingerprint density at radius 1 is 1.00 bits per heavy atom. The van der Waals surface area contributed by atoms with Crippen molar-refractivity contribution in [2.45, 2.75) is 45.8 Å². The van der Waals surface area contributed by atoms with Crippen molar-refractivity contribution in [2.24, 2.45) is 5.92 Å². The number of rotatable bonds is 9. The largest absolute Gasteiger partial charge is 0.537 e. The lowest BCUT2D eigenvalue weighted by Crippen LogP contribution is -2.36. The van der Waals surface area contributed by atoms with Gasteiger partial charge in [-0.3, -0.25) is 19.2 Å². The van der Waals surface area contributed by atoms with E-state index in [0.717, 1.165) is 5.39 Å². The summed E-state index contributed by atoms with van der Waals surface area (Å²) in [4.78, 5) is 63.8. The van der Waals surface area contributed by atoms with Crippen LogP contribution < -0.4 is 10.4 Å². The van der Waals surface area contributed by atoms with Crippen LogP contribution in [0.3, 0.4) is 0 Å². The molecule has 3 heterocycles. The van der Waals surface area contributed by atoms with Gasteiger partial charge in [0.15, 0.2) is 11.2 Å². The van der Waals surface area contributed by atoms with E-state index in [0.29, 0.717) is 16.0 Å². The molecule has 1 saturated heterocycles. The number of fused-ring (bicyclic) bond motifs is 2.